The Labute approximate surface area is 189 Å². The van der Waals surface area contributed by atoms with Crippen molar-refractivity contribution in [2.45, 2.75) is 63.5 Å². The van der Waals surface area contributed by atoms with Gasteiger partial charge < -0.3 is 14.5 Å². The Hall–Kier alpha value is -2.83. The van der Waals surface area contributed by atoms with Gasteiger partial charge in [-0.25, -0.2) is 0 Å². The standard InChI is InChI=1S/C25H32N4O3/c1-27-23(17-10-11-17)13-19(26-27)16-29(20-6-3-4-7-20)25(31)18-12-24(30)28(15-18)21-8-5-9-22(14-21)32-2/h5,8-9,13-14,17-18,20H,3-4,6-7,10-12,15-16H2,1-2H3/t18-/m0/s1. The number of carbonyl (C=O) groups is 2. The number of anilines is 1. The van der Waals surface area contributed by atoms with Gasteiger partial charge in [-0.2, -0.15) is 5.10 Å². The number of aromatic nitrogens is 2. The predicted molar refractivity (Wildman–Crippen MR) is 121 cm³/mol. The van der Waals surface area contributed by atoms with E-state index >= 15 is 0 Å². The number of hydrogen-bond donors (Lipinski definition) is 0. The van der Waals surface area contributed by atoms with E-state index in [1.165, 1.54) is 18.5 Å². The SMILES string of the molecule is COc1cccc(N2C[C@@H](C(=O)N(Cc3cc(C4CC4)n(C)n3)C3CCCC3)CC2=O)c1. The average Bonchev–Trinajstić information content (AvgIpc) is 3.18. The maximum atomic E-state index is 13.7. The zero-order valence-electron chi connectivity index (χ0n) is 19.0. The highest BCUT2D eigenvalue weighted by Crippen LogP contribution is 2.40. The van der Waals surface area contributed by atoms with E-state index in [1.54, 1.807) is 12.0 Å². The van der Waals surface area contributed by atoms with Gasteiger partial charge in [0.25, 0.3) is 0 Å². The molecule has 0 bridgehead atoms. The first kappa shape index (κ1) is 21.0. The van der Waals surface area contributed by atoms with Crippen LogP contribution in [0, 0.1) is 5.92 Å². The quantitative estimate of drug-likeness (QED) is 0.665. The predicted octanol–water partition coefficient (Wildman–Crippen LogP) is 3.63. The van der Waals surface area contributed by atoms with Crippen LogP contribution in [0.15, 0.2) is 30.3 Å². The third-order valence-electron chi connectivity index (χ3n) is 7.18. The number of nitrogens with zero attached hydrogens (tertiary/aromatic N) is 4. The summed E-state index contributed by atoms with van der Waals surface area (Å²) >= 11 is 0. The topological polar surface area (TPSA) is 67.7 Å². The van der Waals surface area contributed by atoms with Crippen LogP contribution in [0.25, 0.3) is 0 Å². The van der Waals surface area contributed by atoms with Crippen LogP contribution in [0.4, 0.5) is 5.69 Å². The molecule has 3 fully saturated rings. The van der Waals surface area contributed by atoms with Gasteiger partial charge in [0, 0.05) is 49.4 Å². The molecule has 7 heteroatoms. The molecule has 0 N–H and O–H groups in total. The summed E-state index contributed by atoms with van der Waals surface area (Å²) in [7, 11) is 3.61. The number of aryl methyl sites for hydroxylation is 1. The Balaban J connectivity index is 1.34. The van der Waals surface area contributed by atoms with E-state index in [9.17, 15) is 9.59 Å². The second-order valence-corrected chi connectivity index (χ2v) is 9.47. The van der Waals surface area contributed by atoms with E-state index in [-0.39, 0.29) is 30.2 Å². The van der Waals surface area contributed by atoms with E-state index in [0.717, 1.165) is 37.1 Å². The number of ether oxygens (including phenoxy) is 1. The van der Waals surface area contributed by atoms with Gasteiger partial charge >= 0.3 is 0 Å². The first-order valence-corrected chi connectivity index (χ1v) is 11.8. The number of methoxy groups -OCH3 is 1. The summed E-state index contributed by atoms with van der Waals surface area (Å²) in [5.41, 5.74) is 3.03. The van der Waals surface area contributed by atoms with Crippen molar-refractivity contribution in [2.75, 3.05) is 18.6 Å². The molecule has 1 aromatic carbocycles. The molecule has 2 aromatic rings. The summed E-state index contributed by atoms with van der Waals surface area (Å²) in [4.78, 5) is 30.3. The van der Waals surface area contributed by atoms with Crippen molar-refractivity contribution >= 4 is 17.5 Å². The fraction of sp³-hybridized carbons (Fsp3) is 0.560. The lowest BCUT2D eigenvalue weighted by atomic mass is 10.0. The Morgan fingerprint density at radius 3 is 2.69 bits per heavy atom. The smallest absolute Gasteiger partial charge is 0.228 e. The molecule has 2 saturated carbocycles. The fourth-order valence-corrected chi connectivity index (χ4v) is 5.29. The number of amides is 2. The maximum absolute atomic E-state index is 13.7. The minimum atomic E-state index is -0.319. The maximum Gasteiger partial charge on any atom is 0.228 e. The van der Waals surface area contributed by atoms with Crippen LogP contribution in [0.1, 0.15) is 62.3 Å². The molecule has 2 aliphatic carbocycles. The van der Waals surface area contributed by atoms with Crippen molar-refractivity contribution in [2.24, 2.45) is 13.0 Å². The van der Waals surface area contributed by atoms with E-state index in [2.05, 4.69) is 6.07 Å². The second-order valence-electron chi connectivity index (χ2n) is 9.47. The Morgan fingerprint density at radius 1 is 1.19 bits per heavy atom. The van der Waals surface area contributed by atoms with E-state index in [1.807, 2.05) is 40.9 Å². The molecule has 5 rings (SSSR count). The lowest BCUT2D eigenvalue weighted by Gasteiger charge is -2.30. The van der Waals surface area contributed by atoms with Crippen LogP contribution in [-0.4, -0.2) is 46.2 Å². The first-order chi connectivity index (χ1) is 15.5. The third-order valence-corrected chi connectivity index (χ3v) is 7.18. The number of hydrogen-bond acceptors (Lipinski definition) is 4. The van der Waals surface area contributed by atoms with Gasteiger partial charge in [0.1, 0.15) is 5.75 Å². The van der Waals surface area contributed by atoms with Gasteiger partial charge in [-0.05, 0) is 43.9 Å². The summed E-state index contributed by atoms with van der Waals surface area (Å²) in [5.74, 6) is 1.10. The molecule has 1 atom stereocenters. The molecule has 0 spiro atoms. The molecule has 3 aliphatic rings. The Bertz CT molecular complexity index is 1010. The highest BCUT2D eigenvalue weighted by Gasteiger charge is 2.40. The molecule has 7 nitrogen and oxygen atoms in total. The second kappa shape index (κ2) is 8.60. The van der Waals surface area contributed by atoms with E-state index in [4.69, 9.17) is 9.84 Å². The normalized spacial score (nSPS) is 21.4. The molecule has 2 amide bonds. The monoisotopic (exact) mass is 436 g/mol. The van der Waals surface area contributed by atoms with E-state index < -0.39 is 0 Å². The third kappa shape index (κ3) is 4.12. The lowest BCUT2D eigenvalue weighted by Crippen LogP contribution is -2.42. The Kier molecular flexibility index (Phi) is 5.66. The summed E-state index contributed by atoms with van der Waals surface area (Å²) in [6.45, 7) is 0.956. The van der Waals surface area contributed by atoms with Gasteiger partial charge in [-0.1, -0.05) is 18.9 Å². The average molecular weight is 437 g/mol. The van der Waals surface area contributed by atoms with Crippen LogP contribution >= 0.6 is 0 Å². The van der Waals surface area contributed by atoms with Crippen molar-refractivity contribution in [3.8, 4) is 5.75 Å². The zero-order chi connectivity index (χ0) is 22.2. The minimum absolute atomic E-state index is 0.00293. The van der Waals surface area contributed by atoms with Crippen LogP contribution in [0.5, 0.6) is 5.75 Å². The van der Waals surface area contributed by atoms with Gasteiger partial charge in [0.15, 0.2) is 0 Å². The van der Waals surface area contributed by atoms with Gasteiger partial charge in [-0.3, -0.25) is 14.3 Å². The largest absolute Gasteiger partial charge is 0.497 e. The number of rotatable bonds is 7. The van der Waals surface area contributed by atoms with Crippen molar-refractivity contribution in [3.63, 3.8) is 0 Å². The fourth-order valence-electron chi connectivity index (χ4n) is 5.29. The zero-order valence-corrected chi connectivity index (χ0v) is 19.0. The minimum Gasteiger partial charge on any atom is -0.497 e. The number of carbonyl (C=O) groups excluding carboxylic acids is 2. The molecular formula is C25H32N4O3. The van der Waals surface area contributed by atoms with Crippen molar-refractivity contribution in [1.82, 2.24) is 14.7 Å². The molecule has 170 valence electrons. The van der Waals surface area contributed by atoms with Gasteiger partial charge in [0.05, 0.1) is 25.3 Å². The summed E-state index contributed by atoms with van der Waals surface area (Å²) in [5, 5.41) is 4.72. The molecular weight excluding hydrogens is 404 g/mol. The lowest BCUT2D eigenvalue weighted by molar-refractivity contribution is -0.138. The van der Waals surface area contributed by atoms with Gasteiger partial charge in [0.2, 0.25) is 11.8 Å². The molecule has 1 aliphatic heterocycles. The van der Waals surface area contributed by atoms with Crippen molar-refractivity contribution in [3.05, 3.63) is 41.7 Å². The molecule has 32 heavy (non-hydrogen) atoms. The molecule has 1 saturated heterocycles. The summed E-state index contributed by atoms with van der Waals surface area (Å²) in [6.07, 6.45) is 7.10. The van der Waals surface area contributed by atoms with Crippen molar-refractivity contribution in [1.29, 1.82) is 0 Å². The van der Waals surface area contributed by atoms with Crippen LogP contribution in [0.3, 0.4) is 0 Å². The molecule has 0 unspecified atom stereocenters. The van der Waals surface area contributed by atoms with Crippen LogP contribution in [0.2, 0.25) is 0 Å². The van der Waals surface area contributed by atoms with Crippen LogP contribution in [-0.2, 0) is 23.2 Å². The van der Waals surface area contributed by atoms with E-state index in [0.29, 0.717) is 24.8 Å². The first-order valence-electron chi connectivity index (χ1n) is 11.8. The highest BCUT2D eigenvalue weighted by molar-refractivity contribution is 6.00. The molecule has 0 radical (unpaired) electrons. The van der Waals surface area contributed by atoms with Gasteiger partial charge in [-0.15, -0.1) is 0 Å². The van der Waals surface area contributed by atoms with Crippen LogP contribution < -0.4 is 9.64 Å². The summed E-state index contributed by atoms with van der Waals surface area (Å²) < 4.78 is 7.29. The summed E-state index contributed by atoms with van der Waals surface area (Å²) in [6, 6.07) is 9.91. The Morgan fingerprint density at radius 2 is 1.97 bits per heavy atom. The highest BCUT2D eigenvalue weighted by atomic mass is 16.5. The number of benzene rings is 1. The molecule has 2 heterocycles. The molecule has 1 aromatic heterocycles. The van der Waals surface area contributed by atoms with Crippen molar-refractivity contribution < 1.29 is 14.3 Å².